The van der Waals surface area contributed by atoms with Gasteiger partial charge in [0.2, 0.25) is 0 Å². The van der Waals surface area contributed by atoms with Gasteiger partial charge in [-0.05, 0) is 17.9 Å². The topological polar surface area (TPSA) is 65.0 Å². The summed E-state index contributed by atoms with van der Waals surface area (Å²) >= 11 is 1.78. The van der Waals surface area contributed by atoms with E-state index >= 15 is 0 Å². The summed E-state index contributed by atoms with van der Waals surface area (Å²) in [6, 6.07) is 4.23. The summed E-state index contributed by atoms with van der Waals surface area (Å²) in [6.45, 7) is 3.80. The lowest BCUT2D eigenvalue weighted by molar-refractivity contribution is 0.298. The van der Waals surface area contributed by atoms with E-state index in [2.05, 4.69) is 37.6 Å². The second-order valence-corrected chi connectivity index (χ2v) is 9.05. The second kappa shape index (κ2) is 8.65. The summed E-state index contributed by atoms with van der Waals surface area (Å²) in [7, 11) is 1.03. The molecule has 0 aromatic carbocycles. The molecule has 0 spiro atoms. The highest BCUT2D eigenvalue weighted by Crippen LogP contribution is 2.09. The molecule has 0 atom stereocenters. The number of hydrogen-bond acceptors (Lipinski definition) is 5. The van der Waals surface area contributed by atoms with Gasteiger partial charge in [-0.25, -0.2) is 8.42 Å². The normalized spacial score (nSPS) is 18.8. The monoisotopic (exact) mass is 358 g/mol. The lowest BCUT2D eigenvalue weighted by Gasteiger charge is -2.27. The minimum atomic E-state index is -2.80. The molecule has 0 bridgehead atoms. The van der Waals surface area contributed by atoms with Crippen LogP contribution >= 0.6 is 11.3 Å². The van der Waals surface area contributed by atoms with Gasteiger partial charge in [-0.15, -0.1) is 11.3 Å². The van der Waals surface area contributed by atoms with Crippen LogP contribution in [0.25, 0.3) is 0 Å². The van der Waals surface area contributed by atoms with Gasteiger partial charge >= 0.3 is 0 Å². The zero-order chi connectivity index (χ0) is 16.7. The number of hydrogen-bond donors (Lipinski definition) is 1. The molecule has 1 N–H and O–H groups in total. The smallest absolute Gasteiger partial charge is 0.193 e. The van der Waals surface area contributed by atoms with E-state index in [0.29, 0.717) is 13.1 Å². The Bertz CT molecular complexity index is 585. The quantitative estimate of drug-likeness (QED) is 0.594. The average molecular weight is 359 g/mol. The maximum atomic E-state index is 11.4. The molecule has 0 saturated carbocycles. The molecule has 1 aliphatic rings. The Morgan fingerprint density at radius 1 is 1.43 bits per heavy atom. The van der Waals surface area contributed by atoms with E-state index in [0.717, 1.165) is 32.0 Å². The highest BCUT2D eigenvalue weighted by molar-refractivity contribution is 7.91. The Hall–Kier alpha value is -1.12. The van der Waals surface area contributed by atoms with E-state index in [-0.39, 0.29) is 11.5 Å². The molecule has 1 aliphatic heterocycles. The second-order valence-electron chi connectivity index (χ2n) is 5.72. The summed E-state index contributed by atoms with van der Waals surface area (Å²) in [5, 5.41) is 5.45. The highest BCUT2D eigenvalue weighted by Gasteiger charge is 2.21. The molecule has 1 aromatic heterocycles. The van der Waals surface area contributed by atoms with Crippen LogP contribution in [-0.2, 0) is 16.3 Å². The zero-order valence-electron chi connectivity index (χ0n) is 13.9. The Morgan fingerprint density at radius 3 is 2.78 bits per heavy atom. The average Bonchev–Trinajstić information content (AvgIpc) is 3.04. The molecule has 1 fully saturated rings. The van der Waals surface area contributed by atoms with Crippen molar-refractivity contribution >= 4 is 27.1 Å². The Morgan fingerprint density at radius 2 is 2.17 bits per heavy atom. The van der Waals surface area contributed by atoms with E-state index in [9.17, 15) is 8.42 Å². The van der Waals surface area contributed by atoms with Crippen LogP contribution < -0.4 is 5.32 Å². The van der Waals surface area contributed by atoms with Gasteiger partial charge in [0, 0.05) is 51.7 Å². The first-order valence-electron chi connectivity index (χ1n) is 7.87. The lowest BCUT2D eigenvalue weighted by Crippen LogP contribution is -2.46. The molecule has 130 valence electrons. The van der Waals surface area contributed by atoms with Crippen LogP contribution in [0.5, 0.6) is 0 Å². The third-order valence-electron chi connectivity index (χ3n) is 4.00. The van der Waals surface area contributed by atoms with Crippen molar-refractivity contribution in [2.75, 3.05) is 58.3 Å². The zero-order valence-corrected chi connectivity index (χ0v) is 15.5. The van der Waals surface area contributed by atoms with E-state index in [4.69, 9.17) is 0 Å². The fraction of sp³-hybridized carbons (Fsp3) is 0.667. The predicted octanol–water partition coefficient (Wildman–Crippen LogP) is 0.528. The van der Waals surface area contributed by atoms with Crippen LogP contribution in [0, 0.1) is 0 Å². The number of nitrogens with one attached hydrogen (secondary N) is 1. The molecule has 0 radical (unpaired) electrons. The van der Waals surface area contributed by atoms with Crippen molar-refractivity contribution in [2.45, 2.75) is 6.42 Å². The van der Waals surface area contributed by atoms with Crippen molar-refractivity contribution in [1.29, 1.82) is 0 Å². The molecule has 1 saturated heterocycles. The summed E-state index contributed by atoms with van der Waals surface area (Å²) in [6.07, 6.45) is 1.01. The van der Waals surface area contributed by atoms with Crippen molar-refractivity contribution in [1.82, 2.24) is 15.1 Å². The number of guanidine groups is 1. The SMILES string of the molecule is CN=C(NCCN1CCS(=O)(=O)CC1)N(C)CCc1cccs1. The Labute approximate surface area is 143 Å². The van der Waals surface area contributed by atoms with Gasteiger partial charge in [-0.3, -0.25) is 9.89 Å². The van der Waals surface area contributed by atoms with Crippen LogP contribution in [0.4, 0.5) is 0 Å². The molecule has 6 nitrogen and oxygen atoms in total. The van der Waals surface area contributed by atoms with Crippen LogP contribution in [0.3, 0.4) is 0 Å². The standard InChI is InChI=1S/C15H26N4O2S2/c1-16-15(18(2)7-5-14-4-3-11-22-14)17-6-8-19-9-12-23(20,21)13-10-19/h3-4,11H,5-10,12-13H2,1-2H3,(H,16,17). The Kier molecular flexibility index (Phi) is 6.86. The third kappa shape index (κ3) is 6.12. The molecule has 1 aromatic rings. The van der Waals surface area contributed by atoms with Crippen molar-refractivity contribution in [3.8, 4) is 0 Å². The van der Waals surface area contributed by atoms with E-state index in [1.807, 2.05) is 7.05 Å². The highest BCUT2D eigenvalue weighted by atomic mass is 32.2. The maximum Gasteiger partial charge on any atom is 0.193 e. The van der Waals surface area contributed by atoms with Gasteiger partial charge in [0.05, 0.1) is 11.5 Å². The van der Waals surface area contributed by atoms with Crippen LogP contribution in [-0.4, -0.2) is 82.5 Å². The van der Waals surface area contributed by atoms with E-state index in [1.54, 1.807) is 18.4 Å². The van der Waals surface area contributed by atoms with Crippen molar-refractivity contribution in [3.63, 3.8) is 0 Å². The van der Waals surface area contributed by atoms with Gasteiger partial charge in [0.1, 0.15) is 0 Å². The largest absolute Gasteiger partial charge is 0.355 e. The van der Waals surface area contributed by atoms with Gasteiger partial charge < -0.3 is 10.2 Å². The Balaban J connectivity index is 1.68. The summed E-state index contributed by atoms with van der Waals surface area (Å²) < 4.78 is 22.8. The number of sulfone groups is 1. The summed E-state index contributed by atoms with van der Waals surface area (Å²) in [4.78, 5) is 10.0. The summed E-state index contributed by atoms with van der Waals surface area (Å²) in [5.74, 6) is 1.44. The molecule has 0 aliphatic carbocycles. The predicted molar refractivity (Wildman–Crippen MR) is 97.1 cm³/mol. The molecule has 2 rings (SSSR count). The molecular weight excluding hydrogens is 332 g/mol. The number of likely N-dealkylation sites (N-methyl/N-ethyl adjacent to an activating group) is 1. The number of rotatable bonds is 6. The van der Waals surface area contributed by atoms with Crippen molar-refractivity contribution in [2.24, 2.45) is 4.99 Å². The van der Waals surface area contributed by atoms with Gasteiger partial charge in [0.15, 0.2) is 15.8 Å². The van der Waals surface area contributed by atoms with Crippen LogP contribution in [0.2, 0.25) is 0 Å². The molecule has 0 amide bonds. The maximum absolute atomic E-state index is 11.4. The number of aliphatic imine (C=N–C) groups is 1. The first-order chi connectivity index (χ1) is 11.0. The van der Waals surface area contributed by atoms with Gasteiger partial charge in [-0.1, -0.05) is 6.07 Å². The number of thiophene rings is 1. The minimum Gasteiger partial charge on any atom is -0.355 e. The summed E-state index contributed by atoms with van der Waals surface area (Å²) in [5.41, 5.74) is 0. The van der Waals surface area contributed by atoms with Gasteiger partial charge in [-0.2, -0.15) is 0 Å². The van der Waals surface area contributed by atoms with E-state index < -0.39 is 9.84 Å². The first kappa shape index (κ1) is 18.2. The molecule has 8 heteroatoms. The molecule has 2 heterocycles. The molecular formula is C15H26N4O2S2. The van der Waals surface area contributed by atoms with Gasteiger partial charge in [0.25, 0.3) is 0 Å². The fourth-order valence-electron chi connectivity index (χ4n) is 2.52. The van der Waals surface area contributed by atoms with Crippen molar-refractivity contribution < 1.29 is 8.42 Å². The third-order valence-corrected chi connectivity index (χ3v) is 6.54. The van der Waals surface area contributed by atoms with Crippen LogP contribution in [0.1, 0.15) is 4.88 Å². The fourth-order valence-corrected chi connectivity index (χ4v) is 4.50. The lowest BCUT2D eigenvalue weighted by atomic mass is 10.3. The van der Waals surface area contributed by atoms with Crippen molar-refractivity contribution in [3.05, 3.63) is 22.4 Å². The first-order valence-corrected chi connectivity index (χ1v) is 10.6. The molecule has 0 unspecified atom stereocenters. The van der Waals surface area contributed by atoms with E-state index in [1.165, 1.54) is 4.88 Å². The van der Waals surface area contributed by atoms with Crippen LogP contribution in [0.15, 0.2) is 22.5 Å². The minimum absolute atomic E-state index is 0.280. The molecule has 23 heavy (non-hydrogen) atoms. The number of nitrogens with zero attached hydrogens (tertiary/aromatic N) is 3.